The Morgan fingerprint density at radius 2 is 2.40 bits per heavy atom. The number of fused-ring (bicyclic) bond motifs is 1. The van der Waals surface area contributed by atoms with Gasteiger partial charge in [-0.25, -0.2) is 0 Å². The van der Waals surface area contributed by atoms with Crippen molar-refractivity contribution in [1.82, 2.24) is 5.32 Å². The van der Waals surface area contributed by atoms with Crippen LogP contribution in [-0.2, 0) is 11.2 Å². The highest BCUT2D eigenvalue weighted by Crippen LogP contribution is 2.32. The van der Waals surface area contributed by atoms with Gasteiger partial charge < -0.3 is 14.8 Å². The van der Waals surface area contributed by atoms with Crippen LogP contribution in [-0.4, -0.2) is 27.4 Å². The molecule has 1 unspecified atom stereocenters. The molecule has 0 saturated heterocycles. The van der Waals surface area contributed by atoms with E-state index >= 15 is 0 Å². The third kappa shape index (κ3) is 2.13. The van der Waals surface area contributed by atoms with Gasteiger partial charge in [-0.3, -0.25) is 0 Å². The fraction of sp³-hybridized carbons (Fsp3) is 0.500. The van der Waals surface area contributed by atoms with Crippen LogP contribution in [0, 0.1) is 0 Å². The van der Waals surface area contributed by atoms with Crippen LogP contribution < -0.4 is 10.1 Å². The second-order valence-corrected chi connectivity index (χ2v) is 3.77. The Kier molecular flexibility index (Phi) is 3.23. The molecule has 1 aromatic rings. The predicted molar refractivity (Wildman–Crippen MR) is 59.3 cm³/mol. The minimum absolute atomic E-state index is 0.336. The maximum Gasteiger partial charge on any atom is 0.124 e. The molecule has 1 N–H and O–H groups in total. The predicted octanol–water partition coefficient (Wildman–Crippen LogP) is 1.53. The molecule has 3 heteroatoms. The summed E-state index contributed by atoms with van der Waals surface area (Å²) in [6, 6.07) is 6.71. The van der Waals surface area contributed by atoms with Gasteiger partial charge in [-0.1, -0.05) is 12.1 Å². The van der Waals surface area contributed by atoms with Gasteiger partial charge >= 0.3 is 0 Å². The number of likely N-dealkylation sites (N-methyl/N-ethyl adjacent to an activating group) is 1. The van der Waals surface area contributed by atoms with Crippen molar-refractivity contribution in [3.8, 4) is 5.75 Å². The summed E-state index contributed by atoms with van der Waals surface area (Å²) >= 11 is 0. The summed E-state index contributed by atoms with van der Waals surface area (Å²) in [5, 5.41) is 3.25. The maximum atomic E-state index is 5.57. The molecule has 2 rings (SSSR count). The van der Waals surface area contributed by atoms with Crippen molar-refractivity contribution in [2.75, 3.05) is 27.4 Å². The van der Waals surface area contributed by atoms with Crippen molar-refractivity contribution in [2.24, 2.45) is 0 Å². The molecular formula is C12H17NO2. The van der Waals surface area contributed by atoms with Crippen molar-refractivity contribution >= 4 is 0 Å². The number of methoxy groups -OCH3 is 1. The summed E-state index contributed by atoms with van der Waals surface area (Å²) in [7, 11) is 3.69. The van der Waals surface area contributed by atoms with Crippen molar-refractivity contribution in [3.05, 3.63) is 29.3 Å². The fourth-order valence-electron chi connectivity index (χ4n) is 1.88. The van der Waals surface area contributed by atoms with E-state index in [0.29, 0.717) is 6.04 Å². The van der Waals surface area contributed by atoms with Crippen LogP contribution >= 0.6 is 0 Å². The topological polar surface area (TPSA) is 30.5 Å². The summed E-state index contributed by atoms with van der Waals surface area (Å²) in [6.45, 7) is 1.50. The zero-order chi connectivity index (χ0) is 10.7. The first-order valence-electron chi connectivity index (χ1n) is 5.27. The van der Waals surface area contributed by atoms with Crippen LogP contribution in [0.25, 0.3) is 0 Å². The third-order valence-electron chi connectivity index (χ3n) is 2.80. The summed E-state index contributed by atoms with van der Waals surface area (Å²) < 4.78 is 10.6. The molecule has 1 aliphatic heterocycles. The van der Waals surface area contributed by atoms with Crippen LogP contribution in [0.4, 0.5) is 0 Å². The van der Waals surface area contributed by atoms with Gasteiger partial charge in [0.2, 0.25) is 0 Å². The Morgan fingerprint density at radius 1 is 1.53 bits per heavy atom. The lowest BCUT2D eigenvalue weighted by Crippen LogP contribution is -2.17. The van der Waals surface area contributed by atoms with Crippen molar-refractivity contribution in [3.63, 3.8) is 0 Å². The number of nitrogens with one attached hydrogen (secondary N) is 1. The molecule has 0 spiro atoms. The highest BCUT2D eigenvalue weighted by atomic mass is 16.5. The molecule has 0 amide bonds. The first kappa shape index (κ1) is 10.5. The number of hydrogen-bond donors (Lipinski definition) is 1. The van der Waals surface area contributed by atoms with E-state index in [0.717, 1.165) is 25.4 Å². The first-order valence-corrected chi connectivity index (χ1v) is 5.27. The summed E-state index contributed by atoms with van der Waals surface area (Å²) in [5.41, 5.74) is 2.58. The lowest BCUT2D eigenvalue weighted by atomic mass is 10.0. The van der Waals surface area contributed by atoms with Crippen LogP contribution in [0.5, 0.6) is 5.75 Å². The van der Waals surface area contributed by atoms with Crippen LogP contribution in [0.15, 0.2) is 18.2 Å². The molecular weight excluding hydrogens is 190 g/mol. The van der Waals surface area contributed by atoms with E-state index in [9.17, 15) is 0 Å². The summed E-state index contributed by atoms with van der Waals surface area (Å²) in [5.74, 6) is 1.01. The molecule has 0 radical (unpaired) electrons. The molecule has 3 nitrogen and oxygen atoms in total. The van der Waals surface area contributed by atoms with Crippen molar-refractivity contribution in [2.45, 2.75) is 12.5 Å². The zero-order valence-electron chi connectivity index (χ0n) is 9.25. The van der Waals surface area contributed by atoms with Gasteiger partial charge in [-0.15, -0.1) is 0 Å². The Balaban J connectivity index is 2.17. The monoisotopic (exact) mass is 207 g/mol. The fourth-order valence-corrected chi connectivity index (χ4v) is 1.88. The average molecular weight is 207 g/mol. The van der Waals surface area contributed by atoms with E-state index in [-0.39, 0.29) is 0 Å². The van der Waals surface area contributed by atoms with Crippen LogP contribution in [0.3, 0.4) is 0 Å². The van der Waals surface area contributed by atoms with Gasteiger partial charge in [0.15, 0.2) is 0 Å². The van der Waals surface area contributed by atoms with E-state index in [1.54, 1.807) is 7.11 Å². The Morgan fingerprint density at radius 3 is 3.13 bits per heavy atom. The summed E-state index contributed by atoms with van der Waals surface area (Å²) in [6.07, 6.45) is 0.959. The molecule has 1 aromatic carbocycles. The second kappa shape index (κ2) is 4.64. The molecule has 15 heavy (non-hydrogen) atoms. The Hall–Kier alpha value is -1.06. The number of hydrogen-bond acceptors (Lipinski definition) is 3. The van der Waals surface area contributed by atoms with E-state index in [1.807, 2.05) is 7.05 Å². The van der Waals surface area contributed by atoms with Gasteiger partial charge in [-0.05, 0) is 25.1 Å². The zero-order valence-corrected chi connectivity index (χ0v) is 9.25. The SMILES string of the molecule is CNC1COc2ccc(CCOC)cc21. The quantitative estimate of drug-likeness (QED) is 0.812. The summed E-state index contributed by atoms with van der Waals surface area (Å²) in [4.78, 5) is 0. The van der Waals surface area contributed by atoms with Gasteiger partial charge in [0.25, 0.3) is 0 Å². The minimum atomic E-state index is 0.336. The molecule has 1 atom stereocenters. The lowest BCUT2D eigenvalue weighted by Gasteiger charge is -2.08. The molecule has 0 bridgehead atoms. The third-order valence-corrected chi connectivity index (χ3v) is 2.80. The van der Waals surface area contributed by atoms with E-state index in [4.69, 9.17) is 9.47 Å². The van der Waals surface area contributed by atoms with E-state index < -0.39 is 0 Å². The molecule has 0 aromatic heterocycles. The molecule has 1 heterocycles. The van der Waals surface area contributed by atoms with Crippen molar-refractivity contribution in [1.29, 1.82) is 0 Å². The molecule has 0 aliphatic carbocycles. The average Bonchev–Trinajstić information content (AvgIpc) is 2.68. The molecule has 82 valence electrons. The standard InChI is InChI=1S/C12H17NO2/c1-13-11-8-15-12-4-3-9(5-6-14-2)7-10(11)12/h3-4,7,11,13H,5-6,8H2,1-2H3. The number of ether oxygens (including phenoxy) is 2. The first-order chi connectivity index (χ1) is 7.35. The number of rotatable bonds is 4. The normalized spacial score (nSPS) is 18.7. The van der Waals surface area contributed by atoms with Crippen LogP contribution in [0.2, 0.25) is 0 Å². The number of benzene rings is 1. The molecule has 0 fully saturated rings. The van der Waals surface area contributed by atoms with Crippen molar-refractivity contribution < 1.29 is 9.47 Å². The van der Waals surface area contributed by atoms with Gasteiger partial charge in [0, 0.05) is 12.7 Å². The van der Waals surface area contributed by atoms with E-state index in [2.05, 4.69) is 23.5 Å². The van der Waals surface area contributed by atoms with E-state index in [1.165, 1.54) is 11.1 Å². The smallest absolute Gasteiger partial charge is 0.124 e. The Bertz CT molecular complexity index is 338. The molecule has 1 aliphatic rings. The van der Waals surface area contributed by atoms with Crippen LogP contribution in [0.1, 0.15) is 17.2 Å². The maximum absolute atomic E-state index is 5.57. The van der Waals surface area contributed by atoms with Gasteiger partial charge in [-0.2, -0.15) is 0 Å². The second-order valence-electron chi connectivity index (χ2n) is 3.77. The highest BCUT2D eigenvalue weighted by molar-refractivity contribution is 5.42. The van der Waals surface area contributed by atoms with Gasteiger partial charge in [0.05, 0.1) is 12.6 Å². The minimum Gasteiger partial charge on any atom is -0.491 e. The Labute approximate surface area is 90.4 Å². The van der Waals surface area contributed by atoms with Gasteiger partial charge in [0.1, 0.15) is 12.4 Å². The highest BCUT2D eigenvalue weighted by Gasteiger charge is 2.22. The lowest BCUT2D eigenvalue weighted by molar-refractivity contribution is 0.202. The largest absolute Gasteiger partial charge is 0.491 e. The molecule has 0 saturated carbocycles.